The van der Waals surface area contributed by atoms with Gasteiger partial charge in [0.15, 0.2) is 5.16 Å². The Morgan fingerprint density at radius 3 is 2.43 bits per heavy atom. The molecule has 0 aliphatic carbocycles. The van der Waals surface area contributed by atoms with Crippen molar-refractivity contribution in [3.05, 3.63) is 101 Å². The molecule has 1 heterocycles. The number of carbonyl (C=O) groups is 1. The molecule has 7 heteroatoms. The highest BCUT2D eigenvalue weighted by Gasteiger charge is 2.15. The largest absolute Gasteiger partial charge is 0.351 e. The summed E-state index contributed by atoms with van der Waals surface area (Å²) < 4.78 is 14.8. The number of halogens is 1. The second-order valence-electron chi connectivity index (χ2n) is 6.58. The fraction of sp³-hybridized carbons (Fsp3) is 0.0870. The molecular formula is C23H18FN3O2S. The van der Waals surface area contributed by atoms with Crippen molar-refractivity contribution in [1.82, 2.24) is 14.9 Å². The van der Waals surface area contributed by atoms with Gasteiger partial charge >= 0.3 is 0 Å². The summed E-state index contributed by atoms with van der Waals surface area (Å²) in [6.45, 7) is 0.427. The van der Waals surface area contributed by atoms with Gasteiger partial charge in [0.25, 0.3) is 5.56 Å². The molecule has 3 aromatic carbocycles. The lowest BCUT2D eigenvalue weighted by Crippen LogP contribution is -2.26. The number of benzene rings is 3. The lowest BCUT2D eigenvalue weighted by atomic mass is 10.2. The second-order valence-corrected chi connectivity index (χ2v) is 7.52. The monoisotopic (exact) mass is 419 g/mol. The van der Waals surface area contributed by atoms with E-state index in [0.717, 1.165) is 17.3 Å². The van der Waals surface area contributed by atoms with Gasteiger partial charge in [0.2, 0.25) is 5.91 Å². The number of carbonyl (C=O) groups excluding carboxylic acids is 1. The Bertz CT molecular complexity index is 1240. The highest BCUT2D eigenvalue weighted by molar-refractivity contribution is 7.99. The first-order valence-corrected chi connectivity index (χ1v) is 10.3. The smallest absolute Gasteiger partial charge is 0.266 e. The molecule has 150 valence electrons. The number of para-hydroxylation sites is 1. The van der Waals surface area contributed by atoms with Crippen LogP contribution in [0.1, 0.15) is 5.56 Å². The van der Waals surface area contributed by atoms with E-state index < -0.39 is 5.82 Å². The SMILES string of the molecule is O=C(CSc1nc2ccccc2c(=O)n1-c1ccc(F)cc1)NCc1ccccc1. The molecular weight excluding hydrogens is 401 g/mol. The first-order chi connectivity index (χ1) is 14.6. The Balaban J connectivity index is 1.60. The Morgan fingerprint density at radius 1 is 0.967 bits per heavy atom. The number of nitrogens with one attached hydrogen (secondary N) is 1. The molecule has 30 heavy (non-hydrogen) atoms. The van der Waals surface area contributed by atoms with E-state index in [1.165, 1.54) is 28.8 Å². The zero-order valence-corrected chi connectivity index (χ0v) is 16.7. The van der Waals surface area contributed by atoms with Crippen LogP contribution >= 0.6 is 11.8 Å². The third-order valence-corrected chi connectivity index (χ3v) is 5.43. The van der Waals surface area contributed by atoms with E-state index >= 15 is 0 Å². The van der Waals surface area contributed by atoms with Crippen LogP contribution in [-0.4, -0.2) is 21.2 Å². The number of thioether (sulfide) groups is 1. The molecule has 4 aromatic rings. The summed E-state index contributed by atoms with van der Waals surface area (Å²) in [7, 11) is 0. The van der Waals surface area contributed by atoms with E-state index in [1.807, 2.05) is 30.3 Å². The Kier molecular flexibility index (Phi) is 5.90. The third-order valence-electron chi connectivity index (χ3n) is 4.49. The van der Waals surface area contributed by atoms with Gasteiger partial charge in [-0.3, -0.25) is 14.2 Å². The van der Waals surface area contributed by atoms with Gasteiger partial charge in [-0.15, -0.1) is 0 Å². The van der Waals surface area contributed by atoms with Gasteiger partial charge in [-0.05, 0) is 42.0 Å². The minimum absolute atomic E-state index is 0.0960. The molecule has 1 N–H and O–H groups in total. The zero-order valence-electron chi connectivity index (χ0n) is 15.9. The summed E-state index contributed by atoms with van der Waals surface area (Å²) in [4.78, 5) is 30.0. The summed E-state index contributed by atoms with van der Waals surface area (Å²) in [5, 5.41) is 3.70. The number of rotatable bonds is 6. The predicted octanol–water partition coefficient (Wildman–Crippen LogP) is 3.93. The summed E-state index contributed by atoms with van der Waals surface area (Å²) in [5.74, 6) is -0.467. The summed E-state index contributed by atoms with van der Waals surface area (Å²) in [6, 6.07) is 22.3. The van der Waals surface area contributed by atoms with E-state index in [1.54, 1.807) is 24.3 Å². The van der Waals surface area contributed by atoms with Crippen molar-refractivity contribution >= 4 is 28.6 Å². The normalized spacial score (nSPS) is 10.8. The van der Waals surface area contributed by atoms with Crippen molar-refractivity contribution in [3.8, 4) is 5.69 Å². The van der Waals surface area contributed by atoms with Crippen LogP contribution in [0.4, 0.5) is 4.39 Å². The Hall–Kier alpha value is -3.45. The highest BCUT2D eigenvalue weighted by Crippen LogP contribution is 2.21. The minimum atomic E-state index is -0.393. The number of hydrogen-bond acceptors (Lipinski definition) is 4. The fourth-order valence-corrected chi connectivity index (χ4v) is 3.85. The molecule has 0 aliphatic heterocycles. The first-order valence-electron chi connectivity index (χ1n) is 9.33. The number of fused-ring (bicyclic) bond motifs is 1. The lowest BCUT2D eigenvalue weighted by molar-refractivity contribution is -0.118. The second kappa shape index (κ2) is 8.92. The third kappa shape index (κ3) is 4.41. The Morgan fingerprint density at radius 2 is 1.67 bits per heavy atom. The molecule has 0 bridgehead atoms. The molecule has 0 saturated heterocycles. The van der Waals surface area contributed by atoms with Crippen LogP contribution in [-0.2, 0) is 11.3 Å². The summed E-state index contributed by atoms with van der Waals surface area (Å²) in [6.07, 6.45) is 0. The molecule has 5 nitrogen and oxygen atoms in total. The van der Waals surface area contributed by atoms with Crippen LogP contribution in [0.3, 0.4) is 0 Å². The minimum Gasteiger partial charge on any atom is -0.351 e. The van der Waals surface area contributed by atoms with E-state index in [0.29, 0.717) is 28.3 Å². The number of hydrogen-bond donors (Lipinski definition) is 1. The maximum absolute atomic E-state index is 13.4. The van der Waals surface area contributed by atoms with Gasteiger partial charge in [0.1, 0.15) is 5.82 Å². The van der Waals surface area contributed by atoms with Gasteiger partial charge in [-0.1, -0.05) is 54.2 Å². The number of aromatic nitrogens is 2. The van der Waals surface area contributed by atoms with Gasteiger partial charge in [0, 0.05) is 6.54 Å². The molecule has 4 rings (SSSR count). The number of amides is 1. The molecule has 0 aliphatic rings. The molecule has 0 radical (unpaired) electrons. The molecule has 0 unspecified atom stereocenters. The molecule has 0 fully saturated rings. The maximum atomic E-state index is 13.4. The van der Waals surface area contributed by atoms with Crippen LogP contribution in [0, 0.1) is 5.82 Å². The van der Waals surface area contributed by atoms with Crippen molar-refractivity contribution in [2.24, 2.45) is 0 Å². The van der Waals surface area contributed by atoms with Crippen LogP contribution in [0.5, 0.6) is 0 Å². The van der Waals surface area contributed by atoms with Crippen LogP contribution in [0.2, 0.25) is 0 Å². The standard InChI is InChI=1S/C23H18FN3O2S/c24-17-10-12-18(13-11-17)27-22(29)19-8-4-5-9-20(19)26-23(27)30-15-21(28)25-14-16-6-2-1-3-7-16/h1-13H,14-15H2,(H,25,28). The van der Waals surface area contributed by atoms with E-state index in [9.17, 15) is 14.0 Å². The summed E-state index contributed by atoms with van der Waals surface area (Å²) in [5.41, 5.74) is 1.78. The van der Waals surface area contributed by atoms with E-state index in [2.05, 4.69) is 10.3 Å². The topological polar surface area (TPSA) is 64.0 Å². The van der Waals surface area contributed by atoms with E-state index in [4.69, 9.17) is 0 Å². The first kappa shape index (κ1) is 19.8. The van der Waals surface area contributed by atoms with Crippen LogP contribution < -0.4 is 10.9 Å². The van der Waals surface area contributed by atoms with Gasteiger partial charge in [-0.25, -0.2) is 9.37 Å². The quantitative estimate of drug-likeness (QED) is 0.380. The van der Waals surface area contributed by atoms with Crippen molar-refractivity contribution in [3.63, 3.8) is 0 Å². The lowest BCUT2D eigenvalue weighted by Gasteiger charge is -2.13. The molecule has 0 atom stereocenters. The van der Waals surface area contributed by atoms with Crippen molar-refractivity contribution < 1.29 is 9.18 Å². The molecule has 0 spiro atoms. The number of nitrogens with zero attached hydrogens (tertiary/aromatic N) is 2. The maximum Gasteiger partial charge on any atom is 0.266 e. The van der Waals surface area contributed by atoms with Crippen molar-refractivity contribution in [2.75, 3.05) is 5.75 Å². The fourth-order valence-electron chi connectivity index (χ4n) is 3.00. The Labute approximate surface area is 176 Å². The molecule has 0 saturated carbocycles. The molecule has 1 amide bonds. The average molecular weight is 419 g/mol. The molecule has 1 aromatic heterocycles. The van der Waals surface area contributed by atoms with Gasteiger partial charge in [-0.2, -0.15) is 0 Å². The summed E-state index contributed by atoms with van der Waals surface area (Å²) >= 11 is 1.16. The predicted molar refractivity (Wildman–Crippen MR) is 116 cm³/mol. The van der Waals surface area contributed by atoms with E-state index in [-0.39, 0.29) is 17.2 Å². The average Bonchev–Trinajstić information content (AvgIpc) is 2.78. The van der Waals surface area contributed by atoms with Gasteiger partial charge < -0.3 is 5.32 Å². The van der Waals surface area contributed by atoms with Crippen molar-refractivity contribution in [2.45, 2.75) is 11.7 Å². The van der Waals surface area contributed by atoms with Gasteiger partial charge in [0.05, 0.1) is 22.3 Å². The zero-order chi connectivity index (χ0) is 20.9. The highest BCUT2D eigenvalue weighted by atomic mass is 32.2. The van der Waals surface area contributed by atoms with Crippen LogP contribution in [0.15, 0.2) is 88.8 Å². The van der Waals surface area contributed by atoms with Crippen LogP contribution in [0.25, 0.3) is 16.6 Å². The van der Waals surface area contributed by atoms with Crippen molar-refractivity contribution in [1.29, 1.82) is 0 Å².